The molecule has 0 bridgehead atoms. The number of nitrogens with one attached hydrogen (secondary N) is 2. The van der Waals surface area contributed by atoms with E-state index in [1.807, 2.05) is 39.0 Å². The number of hydrogen-bond donors (Lipinski definition) is 3. The van der Waals surface area contributed by atoms with Crippen LogP contribution in [-0.4, -0.2) is 43.9 Å². The van der Waals surface area contributed by atoms with E-state index in [0.717, 1.165) is 42.2 Å². The predicted molar refractivity (Wildman–Crippen MR) is 110 cm³/mol. The highest BCUT2D eigenvalue weighted by atomic mass is 16.5. The Bertz CT molecular complexity index is 720. The minimum Gasteiger partial charge on any atom is -0.469 e. The molecule has 28 heavy (non-hydrogen) atoms. The Morgan fingerprint density at radius 1 is 1.29 bits per heavy atom. The molecule has 0 aliphatic heterocycles. The van der Waals surface area contributed by atoms with Crippen LogP contribution in [0.1, 0.15) is 43.1 Å². The average molecular weight is 392 g/mol. The quantitative estimate of drug-likeness (QED) is 0.310. The molecule has 1 atom stereocenters. The summed E-state index contributed by atoms with van der Waals surface area (Å²) in [6.07, 6.45) is 3.30. The summed E-state index contributed by atoms with van der Waals surface area (Å²) in [4.78, 5) is 4.59. The second kappa shape index (κ2) is 10.9. The number of aliphatic hydroxyl groups is 1. The van der Waals surface area contributed by atoms with Crippen molar-refractivity contribution in [2.45, 2.75) is 46.1 Å². The van der Waals surface area contributed by atoms with Gasteiger partial charge < -0.3 is 29.3 Å². The lowest BCUT2D eigenvalue weighted by Crippen LogP contribution is -2.40. The third kappa shape index (κ3) is 7.05. The standard InChI is InChI=1S/C21H33N3O4/c1-5-26-12-7-10-22-20(23-11-9-18-8-6-13-27-18)24-15-21(4,25)19-14-16(2)28-17(19)3/h6,8,13-14,25H,5,7,9-12,15H2,1-4H3,(H2,22,23,24). The molecule has 0 radical (unpaired) electrons. The van der Waals surface area contributed by atoms with Crippen LogP contribution in [0, 0.1) is 13.8 Å². The van der Waals surface area contributed by atoms with Crippen molar-refractivity contribution in [1.82, 2.24) is 10.6 Å². The zero-order valence-corrected chi connectivity index (χ0v) is 17.4. The first-order valence-electron chi connectivity index (χ1n) is 9.84. The Labute approximate surface area is 167 Å². The number of hydrogen-bond acceptors (Lipinski definition) is 5. The highest BCUT2D eigenvalue weighted by molar-refractivity contribution is 5.79. The van der Waals surface area contributed by atoms with E-state index in [-0.39, 0.29) is 6.54 Å². The summed E-state index contributed by atoms with van der Waals surface area (Å²) in [5.41, 5.74) is -0.344. The monoisotopic (exact) mass is 391 g/mol. The third-order valence-electron chi connectivity index (χ3n) is 4.37. The second-order valence-electron chi connectivity index (χ2n) is 7.00. The molecule has 2 heterocycles. The molecular formula is C21H33N3O4. The van der Waals surface area contributed by atoms with Crippen LogP contribution in [-0.2, 0) is 16.8 Å². The van der Waals surface area contributed by atoms with Gasteiger partial charge in [-0.25, -0.2) is 4.99 Å². The zero-order valence-electron chi connectivity index (χ0n) is 17.4. The molecule has 2 aromatic heterocycles. The van der Waals surface area contributed by atoms with Crippen molar-refractivity contribution in [2.75, 3.05) is 32.8 Å². The van der Waals surface area contributed by atoms with E-state index in [0.29, 0.717) is 25.7 Å². The molecule has 0 spiro atoms. The molecule has 0 aliphatic carbocycles. The number of aryl methyl sites for hydroxylation is 2. The molecule has 1 unspecified atom stereocenters. The van der Waals surface area contributed by atoms with Crippen LogP contribution in [0.15, 0.2) is 38.3 Å². The van der Waals surface area contributed by atoms with Crippen LogP contribution >= 0.6 is 0 Å². The molecule has 7 nitrogen and oxygen atoms in total. The molecular weight excluding hydrogens is 358 g/mol. The van der Waals surface area contributed by atoms with E-state index in [9.17, 15) is 5.11 Å². The molecule has 3 N–H and O–H groups in total. The van der Waals surface area contributed by atoms with E-state index in [1.54, 1.807) is 13.2 Å². The first kappa shape index (κ1) is 22.0. The molecule has 0 saturated heterocycles. The highest BCUT2D eigenvalue weighted by Gasteiger charge is 2.27. The van der Waals surface area contributed by atoms with Crippen molar-refractivity contribution in [3.63, 3.8) is 0 Å². The van der Waals surface area contributed by atoms with Crippen LogP contribution in [0.3, 0.4) is 0 Å². The van der Waals surface area contributed by atoms with Crippen LogP contribution in [0.25, 0.3) is 0 Å². The third-order valence-corrected chi connectivity index (χ3v) is 4.37. The van der Waals surface area contributed by atoms with Crippen molar-refractivity contribution in [3.8, 4) is 0 Å². The molecule has 7 heteroatoms. The first-order valence-corrected chi connectivity index (χ1v) is 9.84. The maximum atomic E-state index is 10.9. The molecule has 0 aliphatic rings. The van der Waals surface area contributed by atoms with Crippen molar-refractivity contribution in [2.24, 2.45) is 4.99 Å². The normalized spacial score (nSPS) is 14.1. The van der Waals surface area contributed by atoms with Crippen LogP contribution in [0.4, 0.5) is 0 Å². The van der Waals surface area contributed by atoms with Gasteiger partial charge in [0, 0.05) is 38.3 Å². The summed E-state index contributed by atoms with van der Waals surface area (Å²) in [6, 6.07) is 5.69. The maximum Gasteiger partial charge on any atom is 0.191 e. The fourth-order valence-corrected chi connectivity index (χ4v) is 2.94. The second-order valence-corrected chi connectivity index (χ2v) is 7.00. The first-order chi connectivity index (χ1) is 13.4. The fourth-order valence-electron chi connectivity index (χ4n) is 2.94. The van der Waals surface area contributed by atoms with Gasteiger partial charge in [0.05, 0.1) is 12.8 Å². The van der Waals surface area contributed by atoms with Crippen LogP contribution < -0.4 is 10.6 Å². The number of ether oxygens (including phenoxy) is 1. The molecule has 0 fully saturated rings. The largest absolute Gasteiger partial charge is 0.469 e. The topological polar surface area (TPSA) is 92.2 Å². The van der Waals surface area contributed by atoms with Gasteiger partial charge >= 0.3 is 0 Å². The van der Waals surface area contributed by atoms with Gasteiger partial charge in [-0.15, -0.1) is 0 Å². The fraction of sp³-hybridized carbons (Fsp3) is 0.571. The number of nitrogens with zero attached hydrogens (tertiary/aromatic N) is 1. The van der Waals surface area contributed by atoms with Crippen LogP contribution in [0.5, 0.6) is 0 Å². The molecule has 156 valence electrons. The Hall–Kier alpha value is -2.25. The summed E-state index contributed by atoms with van der Waals surface area (Å²) in [6.45, 7) is 10.5. The number of guanidine groups is 1. The predicted octanol–water partition coefficient (Wildman–Crippen LogP) is 2.90. The van der Waals surface area contributed by atoms with E-state index >= 15 is 0 Å². The van der Waals surface area contributed by atoms with Gasteiger partial charge in [0.15, 0.2) is 5.96 Å². The van der Waals surface area contributed by atoms with Gasteiger partial charge in [-0.1, -0.05) is 0 Å². The minimum absolute atomic E-state index is 0.217. The Kier molecular flexibility index (Phi) is 8.60. The molecule has 0 amide bonds. The Morgan fingerprint density at radius 3 is 2.71 bits per heavy atom. The van der Waals surface area contributed by atoms with Crippen molar-refractivity contribution >= 4 is 5.96 Å². The lowest BCUT2D eigenvalue weighted by molar-refractivity contribution is 0.0656. The van der Waals surface area contributed by atoms with E-state index in [1.165, 1.54) is 0 Å². The van der Waals surface area contributed by atoms with Gasteiger partial charge in [-0.2, -0.15) is 0 Å². The SMILES string of the molecule is CCOCCCNC(=NCC(C)(O)c1cc(C)oc1C)NCCc1ccco1. The zero-order chi connectivity index (χ0) is 20.4. The van der Waals surface area contributed by atoms with Crippen molar-refractivity contribution in [3.05, 3.63) is 47.3 Å². The molecule has 0 saturated carbocycles. The van der Waals surface area contributed by atoms with E-state index < -0.39 is 5.60 Å². The lowest BCUT2D eigenvalue weighted by atomic mass is 9.96. The number of rotatable bonds is 11. The Balaban J connectivity index is 1.95. The van der Waals surface area contributed by atoms with Crippen molar-refractivity contribution < 1.29 is 18.7 Å². The number of aliphatic imine (C=N–C) groups is 1. The smallest absolute Gasteiger partial charge is 0.191 e. The lowest BCUT2D eigenvalue weighted by Gasteiger charge is -2.21. The van der Waals surface area contributed by atoms with Gasteiger partial charge in [-0.3, -0.25) is 0 Å². The molecule has 0 aromatic carbocycles. The highest BCUT2D eigenvalue weighted by Crippen LogP contribution is 2.27. The van der Waals surface area contributed by atoms with E-state index in [2.05, 4.69) is 15.6 Å². The minimum atomic E-state index is -1.11. The van der Waals surface area contributed by atoms with Crippen molar-refractivity contribution in [1.29, 1.82) is 0 Å². The molecule has 2 rings (SSSR count). The average Bonchev–Trinajstić information content (AvgIpc) is 3.28. The van der Waals surface area contributed by atoms with Gasteiger partial charge in [0.25, 0.3) is 0 Å². The summed E-state index contributed by atoms with van der Waals surface area (Å²) in [5.74, 6) is 3.07. The summed E-state index contributed by atoms with van der Waals surface area (Å²) in [7, 11) is 0. The van der Waals surface area contributed by atoms with Gasteiger partial charge in [0.1, 0.15) is 22.9 Å². The van der Waals surface area contributed by atoms with Gasteiger partial charge in [-0.05, 0) is 52.3 Å². The maximum absolute atomic E-state index is 10.9. The summed E-state index contributed by atoms with van der Waals surface area (Å²) >= 11 is 0. The summed E-state index contributed by atoms with van der Waals surface area (Å²) in [5, 5.41) is 17.5. The number of furan rings is 2. The van der Waals surface area contributed by atoms with E-state index in [4.69, 9.17) is 13.6 Å². The Morgan fingerprint density at radius 2 is 2.07 bits per heavy atom. The molecule has 2 aromatic rings. The summed E-state index contributed by atoms with van der Waals surface area (Å²) < 4.78 is 16.3. The van der Waals surface area contributed by atoms with Gasteiger partial charge in [0.2, 0.25) is 0 Å². The van der Waals surface area contributed by atoms with Crippen LogP contribution in [0.2, 0.25) is 0 Å².